The molecule has 0 spiro atoms. The Hall–Kier alpha value is -1.90. The van der Waals surface area contributed by atoms with Crippen molar-refractivity contribution >= 4 is 37.0 Å². The van der Waals surface area contributed by atoms with Crippen molar-refractivity contribution in [3.8, 4) is 0 Å². The van der Waals surface area contributed by atoms with Gasteiger partial charge >= 0.3 is 0 Å². The van der Waals surface area contributed by atoms with Crippen LogP contribution >= 0.6 is 24.8 Å². The van der Waals surface area contributed by atoms with Gasteiger partial charge in [-0.3, -0.25) is 0 Å². The maximum Gasteiger partial charge on any atom is 0.0928 e. The Morgan fingerprint density at radius 3 is 1.14 bits per heavy atom. The first-order valence-electron chi connectivity index (χ1n) is 13.5. The lowest BCUT2D eigenvalue weighted by atomic mass is 10.1. The summed E-state index contributed by atoms with van der Waals surface area (Å²) in [5.41, 5.74) is 2.16. The van der Waals surface area contributed by atoms with E-state index in [1.807, 2.05) is 72.8 Å². The Balaban J connectivity index is 0. The fourth-order valence-electron chi connectivity index (χ4n) is 3.80. The molecule has 2 nitrogen and oxygen atoms in total. The van der Waals surface area contributed by atoms with Crippen molar-refractivity contribution in [2.75, 3.05) is 0 Å². The van der Waals surface area contributed by atoms with Crippen LogP contribution in [0.5, 0.6) is 0 Å². The van der Waals surface area contributed by atoms with Gasteiger partial charge in [-0.05, 0) is 36.1 Å². The van der Waals surface area contributed by atoms with Gasteiger partial charge in [0.2, 0.25) is 0 Å². The van der Waals surface area contributed by atoms with E-state index in [4.69, 9.17) is 0 Å². The zero-order valence-corrected chi connectivity index (χ0v) is 24.2. The maximum atomic E-state index is 9.77. The molecule has 0 fully saturated rings. The van der Waals surface area contributed by atoms with Gasteiger partial charge in [0.1, 0.15) is 0 Å². The lowest BCUT2D eigenvalue weighted by Crippen LogP contribution is -1.84. The first-order chi connectivity index (χ1) is 16.7. The number of aliphatic hydroxyl groups excluding tert-OH is 2. The lowest BCUT2D eigenvalue weighted by molar-refractivity contribution is 0.385. The first-order valence-corrected chi connectivity index (χ1v) is 13.5. The van der Waals surface area contributed by atoms with Gasteiger partial charge in [-0.25, -0.2) is 0 Å². The fourth-order valence-corrected chi connectivity index (χ4v) is 3.80. The van der Waals surface area contributed by atoms with E-state index in [9.17, 15) is 10.2 Å². The first kappa shape index (κ1) is 36.3. The summed E-state index contributed by atoms with van der Waals surface area (Å²) in [7, 11) is 0. The molecule has 2 N–H and O–H groups in total. The van der Waals surface area contributed by atoms with Crippen molar-refractivity contribution in [1.29, 1.82) is 0 Å². The molecule has 0 aliphatic rings. The van der Waals surface area contributed by atoms with Gasteiger partial charge in [0.05, 0.1) is 11.5 Å². The van der Waals surface area contributed by atoms with Gasteiger partial charge in [0, 0.05) is 12.8 Å². The van der Waals surface area contributed by atoms with E-state index >= 15 is 0 Å². The van der Waals surface area contributed by atoms with Crippen molar-refractivity contribution in [3.63, 3.8) is 0 Å². The van der Waals surface area contributed by atoms with Crippen molar-refractivity contribution in [3.05, 3.63) is 83.3 Å². The summed E-state index contributed by atoms with van der Waals surface area (Å²) in [5.74, 6) is 1.01. The summed E-state index contributed by atoms with van der Waals surface area (Å²) in [4.78, 5) is 0. The van der Waals surface area contributed by atoms with E-state index in [2.05, 4.69) is 13.8 Å². The highest BCUT2D eigenvalue weighted by atomic mass is 35.5. The summed E-state index contributed by atoms with van der Waals surface area (Å²) in [5, 5.41) is 19.5. The molecule has 0 saturated carbocycles. The van der Waals surface area contributed by atoms with Gasteiger partial charge in [-0.1, -0.05) is 139 Å². The van der Waals surface area contributed by atoms with E-state index in [0.717, 1.165) is 36.8 Å². The largest absolute Gasteiger partial charge is 0.512 e. The molecule has 2 rings (SSSR count). The molecule has 0 saturated heterocycles. The van der Waals surface area contributed by atoms with Crippen molar-refractivity contribution in [2.24, 2.45) is 0 Å². The van der Waals surface area contributed by atoms with Crippen LogP contribution in [0.25, 0.3) is 12.2 Å². The van der Waals surface area contributed by atoms with Crippen LogP contribution in [0.15, 0.2) is 72.2 Å². The quantitative estimate of drug-likeness (QED) is 0.165. The minimum absolute atomic E-state index is 0. The summed E-state index contributed by atoms with van der Waals surface area (Å²) >= 11 is 0. The summed E-state index contributed by atoms with van der Waals surface area (Å²) < 4.78 is 0. The molecule has 36 heavy (non-hydrogen) atoms. The van der Waals surface area contributed by atoms with Crippen molar-refractivity contribution < 1.29 is 10.2 Å². The zero-order valence-electron chi connectivity index (χ0n) is 22.5. The van der Waals surface area contributed by atoms with Gasteiger partial charge in [-0.15, -0.1) is 24.8 Å². The molecule has 0 radical (unpaired) electrons. The molecule has 0 aliphatic carbocycles. The Labute approximate surface area is 233 Å². The second kappa shape index (κ2) is 26.2. The monoisotopic (exact) mass is 536 g/mol. The molecule has 2 aromatic carbocycles. The van der Waals surface area contributed by atoms with Gasteiger partial charge < -0.3 is 10.2 Å². The van der Waals surface area contributed by atoms with Gasteiger partial charge in [0.25, 0.3) is 0 Å². The SMILES string of the molecule is CCCCCCCC/C(O)=C/c1ccccc1.CCCCCCCC/C(O)=C/c1ccccc1.Cl.Cl. The minimum atomic E-state index is 0. The lowest BCUT2D eigenvalue weighted by Gasteiger charge is -2.01. The molecule has 0 aliphatic heterocycles. The normalized spacial score (nSPS) is 11.1. The number of aliphatic hydroxyl groups is 2. The van der Waals surface area contributed by atoms with E-state index < -0.39 is 0 Å². The standard InChI is InChI=1S/2C16H24O.2ClH/c2*1-2-3-4-5-6-10-13-16(17)14-15-11-8-7-9-12-15;;/h2*7-9,11-12,14,17H,2-6,10,13H2,1H3;2*1H/b2*16-14-;;. The second-order valence-corrected chi connectivity index (χ2v) is 9.13. The molecule has 4 heteroatoms. The highest BCUT2D eigenvalue weighted by Crippen LogP contribution is 2.14. The van der Waals surface area contributed by atoms with Crippen LogP contribution in [0.4, 0.5) is 0 Å². The highest BCUT2D eigenvalue weighted by molar-refractivity contribution is 5.85. The second-order valence-electron chi connectivity index (χ2n) is 9.13. The minimum Gasteiger partial charge on any atom is -0.512 e. The molecule has 0 bridgehead atoms. The molecule has 0 unspecified atom stereocenters. The van der Waals surface area contributed by atoms with E-state index in [0.29, 0.717) is 11.5 Å². The zero-order chi connectivity index (χ0) is 24.7. The Kier molecular flexibility index (Phi) is 26.4. The number of hydrogen-bond acceptors (Lipinski definition) is 2. The van der Waals surface area contributed by atoms with E-state index in [1.165, 1.54) is 64.2 Å². The fraction of sp³-hybridized carbons (Fsp3) is 0.500. The molecule has 0 aromatic heterocycles. The third kappa shape index (κ3) is 21.4. The third-order valence-corrected chi connectivity index (χ3v) is 5.84. The maximum absolute atomic E-state index is 9.77. The topological polar surface area (TPSA) is 40.5 Å². The number of allylic oxidation sites excluding steroid dienone is 2. The van der Waals surface area contributed by atoms with Crippen LogP contribution in [-0.2, 0) is 0 Å². The van der Waals surface area contributed by atoms with Gasteiger partial charge in [-0.2, -0.15) is 0 Å². The number of benzene rings is 2. The molecule has 204 valence electrons. The highest BCUT2D eigenvalue weighted by Gasteiger charge is 1.97. The number of hydrogen-bond donors (Lipinski definition) is 2. The average molecular weight is 538 g/mol. The van der Waals surface area contributed by atoms with Crippen molar-refractivity contribution in [2.45, 2.75) is 104 Å². The third-order valence-electron chi connectivity index (χ3n) is 5.84. The number of unbranched alkanes of at least 4 members (excludes halogenated alkanes) is 10. The average Bonchev–Trinajstić information content (AvgIpc) is 2.85. The number of rotatable bonds is 16. The van der Waals surface area contributed by atoms with Gasteiger partial charge in [0.15, 0.2) is 0 Å². The van der Waals surface area contributed by atoms with Crippen LogP contribution in [-0.4, -0.2) is 10.2 Å². The molecule has 2 aromatic rings. The van der Waals surface area contributed by atoms with Crippen LogP contribution in [0.2, 0.25) is 0 Å². The van der Waals surface area contributed by atoms with Crippen LogP contribution in [0.3, 0.4) is 0 Å². The Bertz CT molecular complexity index is 706. The summed E-state index contributed by atoms with van der Waals surface area (Å²) in [6.45, 7) is 4.46. The molecule has 0 atom stereocenters. The van der Waals surface area contributed by atoms with E-state index in [1.54, 1.807) is 0 Å². The predicted molar refractivity (Wildman–Crippen MR) is 165 cm³/mol. The van der Waals surface area contributed by atoms with Crippen LogP contribution in [0.1, 0.15) is 115 Å². The summed E-state index contributed by atoms with van der Waals surface area (Å²) in [6, 6.07) is 20.0. The predicted octanol–water partition coefficient (Wildman–Crippen LogP) is 11.5. The van der Waals surface area contributed by atoms with Crippen LogP contribution in [0, 0.1) is 0 Å². The Morgan fingerprint density at radius 1 is 0.500 bits per heavy atom. The summed E-state index contributed by atoms with van der Waals surface area (Å²) in [6.07, 6.45) is 20.5. The molecular formula is C32H50Cl2O2. The number of halogens is 2. The van der Waals surface area contributed by atoms with Crippen LogP contribution < -0.4 is 0 Å². The van der Waals surface area contributed by atoms with E-state index in [-0.39, 0.29) is 24.8 Å². The van der Waals surface area contributed by atoms with Crippen molar-refractivity contribution in [1.82, 2.24) is 0 Å². The molecular weight excluding hydrogens is 487 g/mol. The Morgan fingerprint density at radius 2 is 0.806 bits per heavy atom. The molecule has 0 heterocycles. The smallest absolute Gasteiger partial charge is 0.0928 e. The molecule has 0 amide bonds.